The summed E-state index contributed by atoms with van der Waals surface area (Å²) in [5, 5.41) is 2.76. The van der Waals surface area contributed by atoms with Crippen LogP contribution >= 0.6 is 0 Å². The van der Waals surface area contributed by atoms with Crippen LogP contribution in [0, 0.1) is 6.92 Å². The molecule has 164 valence electrons. The van der Waals surface area contributed by atoms with Crippen LogP contribution in [0.1, 0.15) is 31.2 Å². The van der Waals surface area contributed by atoms with Gasteiger partial charge in [0.05, 0.1) is 10.6 Å². The number of carbonyl (C=O) groups excluding carboxylic acids is 2. The first kappa shape index (κ1) is 21.3. The molecule has 1 heterocycles. The highest BCUT2D eigenvalue weighted by atomic mass is 32.2. The third-order valence-corrected chi connectivity index (χ3v) is 7.02. The predicted molar refractivity (Wildman–Crippen MR) is 117 cm³/mol. The van der Waals surface area contributed by atoms with E-state index in [0.717, 1.165) is 31.2 Å². The summed E-state index contributed by atoms with van der Waals surface area (Å²) in [6, 6.07) is 11.6. The molecule has 2 aromatic rings. The molecular weight excluding hydrogens is 418 g/mol. The number of fused-ring (bicyclic) bond motifs is 1. The fraction of sp³-hybridized carbons (Fsp3) is 0.364. The van der Waals surface area contributed by atoms with Crippen LogP contribution in [0.15, 0.2) is 47.4 Å². The Morgan fingerprint density at radius 3 is 2.55 bits per heavy atom. The molecule has 2 amide bonds. The van der Waals surface area contributed by atoms with Gasteiger partial charge in [-0.25, -0.2) is 13.1 Å². The maximum atomic E-state index is 12.8. The average Bonchev–Trinajstić information content (AvgIpc) is 3.24. The van der Waals surface area contributed by atoms with E-state index in [1.165, 1.54) is 23.1 Å². The summed E-state index contributed by atoms with van der Waals surface area (Å²) in [5.41, 5.74) is 1.95. The van der Waals surface area contributed by atoms with Gasteiger partial charge in [0.25, 0.3) is 5.91 Å². The molecule has 0 aromatic heterocycles. The third-order valence-electron chi connectivity index (χ3n) is 5.50. The number of amides is 2. The third kappa shape index (κ3) is 4.88. The lowest BCUT2D eigenvalue weighted by molar-refractivity contribution is -0.123. The number of ether oxygens (including phenoxy) is 1. The molecule has 0 radical (unpaired) electrons. The van der Waals surface area contributed by atoms with Crippen molar-refractivity contribution in [1.82, 2.24) is 4.72 Å². The number of nitrogens with zero attached hydrogens (tertiary/aromatic N) is 1. The van der Waals surface area contributed by atoms with E-state index in [2.05, 4.69) is 10.0 Å². The molecule has 0 saturated heterocycles. The van der Waals surface area contributed by atoms with E-state index in [4.69, 9.17) is 4.74 Å². The van der Waals surface area contributed by atoms with Gasteiger partial charge in [-0.15, -0.1) is 0 Å². The Labute approximate surface area is 181 Å². The van der Waals surface area contributed by atoms with Gasteiger partial charge in [0, 0.05) is 11.7 Å². The summed E-state index contributed by atoms with van der Waals surface area (Å²) in [7, 11) is -3.74. The van der Waals surface area contributed by atoms with Crippen molar-refractivity contribution in [1.29, 1.82) is 0 Å². The second-order valence-electron chi connectivity index (χ2n) is 7.91. The lowest BCUT2D eigenvalue weighted by atomic mass is 10.2. The Kier molecular flexibility index (Phi) is 5.97. The standard InChI is InChI=1S/C22H25N3O5S/c1-15-6-8-16(9-7-15)23-21(26)13-25-19-12-18(10-11-20(19)30-14-22(25)27)31(28,29)24-17-4-2-3-5-17/h6-12,17,24H,2-5,13-14H2,1H3,(H,23,26). The van der Waals surface area contributed by atoms with Gasteiger partial charge in [0.2, 0.25) is 15.9 Å². The first-order chi connectivity index (χ1) is 14.8. The number of hydrogen-bond acceptors (Lipinski definition) is 5. The van der Waals surface area contributed by atoms with Gasteiger partial charge in [-0.2, -0.15) is 0 Å². The number of aryl methyl sites for hydroxylation is 1. The molecule has 1 aliphatic carbocycles. The van der Waals surface area contributed by atoms with Gasteiger partial charge in [-0.3, -0.25) is 14.5 Å². The van der Waals surface area contributed by atoms with E-state index in [1.807, 2.05) is 19.1 Å². The summed E-state index contributed by atoms with van der Waals surface area (Å²) in [4.78, 5) is 26.3. The molecule has 0 bridgehead atoms. The molecule has 0 unspecified atom stereocenters. The second-order valence-corrected chi connectivity index (χ2v) is 9.63. The molecule has 2 N–H and O–H groups in total. The Hall–Kier alpha value is -2.91. The normalized spacial score (nSPS) is 16.7. The first-order valence-corrected chi connectivity index (χ1v) is 11.8. The summed E-state index contributed by atoms with van der Waals surface area (Å²) in [6.45, 7) is 1.49. The highest BCUT2D eigenvalue weighted by Gasteiger charge is 2.30. The van der Waals surface area contributed by atoms with Gasteiger partial charge < -0.3 is 10.1 Å². The molecule has 0 atom stereocenters. The number of anilines is 2. The highest BCUT2D eigenvalue weighted by molar-refractivity contribution is 7.89. The van der Waals surface area contributed by atoms with Crippen LogP contribution in [0.4, 0.5) is 11.4 Å². The Balaban J connectivity index is 1.55. The molecule has 9 heteroatoms. The number of nitrogens with one attached hydrogen (secondary N) is 2. The van der Waals surface area contributed by atoms with Crippen LogP contribution in [-0.4, -0.2) is 39.4 Å². The lowest BCUT2D eigenvalue weighted by Crippen LogP contribution is -2.43. The maximum Gasteiger partial charge on any atom is 0.265 e. The topological polar surface area (TPSA) is 105 Å². The van der Waals surface area contributed by atoms with E-state index in [-0.39, 0.29) is 35.7 Å². The van der Waals surface area contributed by atoms with E-state index < -0.39 is 15.9 Å². The van der Waals surface area contributed by atoms with E-state index in [9.17, 15) is 18.0 Å². The highest BCUT2D eigenvalue weighted by Crippen LogP contribution is 2.34. The molecular formula is C22H25N3O5S. The van der Waals surface area contributed by atoms with Gasteiger partial charge in [0.15, 0.2) is 6.61 Å². The summed E-state index contributed by atoms with van der Waals surface area (Å²) in [5.74, 6) is -0.435. The number of carbonyl (C=O) groups is 2. The molecule has 2 aliphatic rings. The van der Waals surface area contributed by atoms with Crippen LogP contribution in [0.3, 0.4) is 0 Å². The fourth-order valence-corrected chi connectivity index (χ4v) is 5.16. The van der Waals surface area contributed by atoms with Crippen LogP contribution < -0.4 is 19.7 Å². The minimum absolute atomic E-state index is 0.0420. The lowest BCUT2D eigenvalue weighted by Gasteiger charge is -2.29. The smallest absolute Gasteiger partial charge is 0.265 e. The molecule has 1 fully saturated rings. The van der Waals surface area contributed by atoms with Crippen molar-refractivity contribution in [3.05, 3.63) is 48.0 Å². The molecule has 8 nitrogen and oxygen atoms in total. The van der Waals surface area contributed by atoms with Crippen molar-refractivity contribution in [2.45, 2.75) is 43.5 Å². The Morgan fingerprint density at radius 1 is 1.13 bits per heavy atom. The summed E-state index contributed by atoms with van der Waals surface area (Å²) in [6.07, 6.45) is 3.64. The van der Waals surface area contributed by atoms with E-state index in [0.29, 0.717) is 11.4 Å². The molecule has 4 rings (SSSR count). The monoisotopic (exact) mass is 443 g/mol. The summed E-state index contributed by atoms with van der Waals surface area (Å²) < 4.78 is 33.8. The minimum Gasteiger partial charge on any atom is -0.482 e. The van der Waals surface area contributed by atoms with Gasteiger partial charge in [-0.1, -0.05) is 30.5 Å². The van der Waals surface area contributed by atoms with Crippen molar-refractivity contribution in [2.24, 2.45) is 0 Å². The van der Waals surface area contributed by atoms with Crippen molar-refractivity contribution < 1.29 is 22.7 Å². The van der Waals surface area contributed by atoms with Crippen LogP contribution in [0.25, 0.3) is 0 Å². The molecule has 1 saturated carbocycles. The maximum absolute atomic E-state index is 12.8. The number of hydrogen-bond donors (Lipinski definition) is 2. The van der Waals surface area contributed by atoms with Crippen molar-refractivity contribution in [2.75, 3.05) is 23.4 Å². The molecule has 0 spiro atoms. The predicted octanol–water partition coefficient (Wildman–Crippen LogP) is 2.58. The zero-order valence-corrected chi connectivity index (χ0v) is 18.1. The Bertz CT molecular complexity index is 1090. The van der Waals surface area contributed by atoms with Crippen molar-refractivity contribution in [3.63, 3.8) is 0 Å². The number of benzene rings is 2. The van der Waals surface area contributed by atoms with Crippen molar-refractivity contribution in [3.8, 4) is 5.75 Å². The fourth-order valence-electron chi connectivity index (χ4n) is 3.83. The quantitative estimate of drug-likeness (QED) is 0.714. The largest absolute Gasteiger partial charge is 0.482 e. The molecule has 2 aromatic carbocycles. The van der Waals surface area contributed by atoms with E-state index in [1.54, 1.807) is 12.1 Å². The zero-order valence-electron chi connectivity index (χ0n) is 17.3. The van der Waals surface area contributed by atoms with Gasteiger partial charge in [0.1, 0.15) is 12.3 Å². The van der Waals surface area contributed by atoms with Crippen LogP contribution in [0.2, 0.25) is 0 Å². The van der Waals surface area contributed by atoms with Gasteiger partial charge >= 0.3 is 0 Å². The van der Waals surface area contributed by atoms with E-state index >= 15 is 0 Å². The summed E-state index contributed by atoms with van der Waals surface area (Å²) >= 11 is 0. The number of rotatable bonds is 6. The number of sulfonamides is 1. The Morgan fingerprint density at radius 2 is 1.84 bits per heavy atom. The SMILES string of the molecule is Cc1ccc(NC(=O)CN2C(=O)COc3ccc(S(=O)(=O)NC4CCCC4)cc32)cc1. The first-order valence-electron chi connectivity index (χ1n) is 10.3. The van der Waals surface area contributed by atoms with Gasteiger partial charge in [-0.05, 0) is 50.1 Å². The zero-order chi connectivity index (χ0) is 22.0. The van der Waals surface area contributed by atoms with Crippen LogP contribution in [0.5, 0.6) is 5.75 Å². The minimum atomic E-state index is -3.74. The molecule has 1 aliphatic heterocycles. The second kappa shape index (κ2) is 8.68. The average molecular weight is 444 g/mol. The van der Waals surface area contributed by atoms with Crippen molar-refractivity contribution >= 4 is 33.2 Å². The van der Waals surface area contributed by atoms with Crippen LogP contribution in [-0.2, 0) is 19.6 Å². The molecule has 31 heavy (non-hydrogen) atoms.